The van der Waals surface area contributed by atoms with Crippen molar-refractivity contribution in [3.8, 4) is 0 Å². The molecule has 0 fully saturated rings. The molecule has 6 nitrogen and oxygen atoms in total. The summed E-state index contributed by atoms with van der Waals surface area (Å²) in [5.74, 6) is -0.497. The summed E-state index contributed by atoms with van der Waals surface area (Å²) < 4.78 is 5.36. The molecule has 3 aromatic rings. The quantitative estimate of drug-likeness (QED) is 0.739. The molecule has 2 N–H and O–H groups in total. The zero-order valence-electron chi connectivity index (χ0n) is 14.5. The van der Waals surface area contributed by atoms with Crippen molar-refractivity contribution in [3.05, 3.63) is 83.6 Å². The molecule has 0 bridgehead atoms. The first-order valence-corrected chi connectivity index (χ1v) is 8.18. The Hall–Kier alpha value is -3.41. The van der Waals surface area contributed by atoms with Crippen molar-refractivity contribution >= 4 is 17.5 Å². The molecule has 26 heavy (non-hydrogen) atoms. The Morgan fingerprint density at radius 1 is 1.00 bits per heavy atom. The second-order valence-electron chi connectivity index (χ2n) is 5.89. The second kappa shape index (κ2) is 7.65. The fourth-order valence-corrected chi connectivity index (χ4v) is 2.63. The van der Waals surface area contributed by atoms with Crippen LogP contribution in [0.1, 0.15) is 33.4 Å². The van der Waals surface area contributed by atoms with E-state index >= 15 is 0 Å². The molecule has 1 atom stereocenters. The molecule has 2 amide bonds. The van der Waals surface area contributed by atoms with Crippen molar-refractivity contribution < 1.29 is 14.0 Å². The maximum atomic E-state index is 12.9. The summed E-state index contributed by atoms with van der Waals surface area (Å²) >= 11 is 0. The molecule has 0 aliphatic rings. The Morgan fingerprint density at radius 2 is 1.77 bits per heavy atom. The number of para-hydroxylation sites is 1. The lowest BCUT2D eigenvalue weighted by Crippen LogP contribution is -2.37. The first-order valence-electron chi connectivity index (χ1n) is 8.18. The molecule has 0 spiro atoms. The minimum atomic E-state index is -0.974. The van der Waals surface area contributed by atoms with Gasteiger partial charge in [-0.15, -0.1) is 0 Å². The number of pyridine rings is 1. The van der Waals surface area contributed by atoms with E-state index < -0.39 is 11.9 Å². The molecular formula is C20H19N3O3. The molecule has 0 aliphatic carbocycles. The number of carbonyl (C=O) groups excluding carboxylic acids is 2. The van der Waals surface area contributed by atoms with Gasteiger partial charge in [0.2, 0.25) is 0 Å². The van der Waals surface area contributed by atoms with Crippen LogP contribution in [-0.2, 0) is 4.79 Å². The van der Waals surface area contributed by atoms with Crippen LogP contribution in [0.2, 0.25) is 0 Å². The number of rotatable bonds is 5. The van der Waals surface area contributed by atoms with E-state index in [0.29, 0.717) is 5.76 Å². The van der Waals surface area contributed by atoms with Gasteiger partial charge in [0, 0.05) is 11.9 Å². The van der Waals surface area contributed by atoms with Gasteiger partial charge in [0.05, 0.1) is 6.26 Å². The van der Waals surface area contributed by atoms with Crippen LogP contribution in [0.25, 0.3) is 0 Å². The van der Waals surface area contributed by atoms with E-state index in [2.05, 4.69) is 15.6 Å². The average Bonchev–Trinajstić information content (AvgIpc) is 3.17. The van der Waals surface area contributed by atoms with E-state index in [-0.39, 0.29) is 11.6 Å². The van der Waals surface area contributed by atoms with Crippen LogP contribution in [0, 0.1) is 13.8 Å². The van der Waals surface area contributed by atoms with Gasteiger partial charge in [0.1, 0.15) is 11.5 Å². The highest BCUT2D eigenvalue weighted by Crippen LogP contribution is 2.22. The third-order valence-electron chi connectivity index (χ3n) is 3.99. The summed E-state index contributed by atoms with van der Waals surface area (Å²) in [6.07, 6.45) is 2.98. The Balaban J connectivity index is 1.85. The largest absolute Gasteiger partial charge is 0.467 e. The number of amides is 2. The van der Waals surface area contributed by atoms with E-state index in [9.17, 15) is 9.59 Å². The normalized spacial score (nSPS) is 11.6. The molecule has 0 saturated carbocycles. The minimum Gasteiger partial charge on any atom is -0.467 e. The van der Waals surface area contributed by atoms with E-state index in [1.54, 1.807) is 30.3 Å². The fourth-order valence-electron chi connectivity index (χ4n) is 2.63. The lowest BCUT2D eigenvalue weighted by molar-refractivity contribution is -0.118. The van der Waals surface area contributed by atoms with Gasteiger partial charge in [0.15, 0.2) is 6.04 Å². The number of nitrogens with zero attached hydrogens (tertiary/aromatic N) is 1. The third kappa shape index (κ3) is 3.80. The van der Waals surface area contributed by atoms with Crippen LogP contribution in [0.3, 0.4) is 0 Å². The Labute approximate surface area is 151 Å². The van der Waals surface area contributed by atoms with Crippen molar-refractivity contribution in [2.75, 3.05) is 5.32 Å². The monoisotopic (exact) mass is 349 g/mol. The Kier molecular flexibility index (Phi) is 5.12. The van der Waals surface area contributed by atoms with Crippen molar-refractivity contribution in [3.63, 3.8) is 0 Å². The molecule has 1 unspecified atom stereocenters. The predicted molar refractivity (Wildman–Crippen MR) is 97.7 cm³/mol. The molecule has 1 aromatic carbocycles. The first-order chi connectivity index (χ1) is 12.6. The van der Waals surface area contributed by atoms with E-state index in [0.717, 1.165) is 16.8 Å². The number of nitrogens with one attached hydrogen (secondary N) is 2. The number of aromatic nitrogens is 1. The lowest BCUT2D eigenvalue weighted by Gasteiger charge is -2.18. The minimum absolute atomic E-state index is 0.226. The molecule has 2 heterocycles. The number of furan rings is 1. The standard InChI is InChI=1S/C20H19N3O3/c1-13-7-5-8-14(2)17(13)22-20(25)18(16-10-6-12-26-16)23-19(24)15-9-3-4-11-21-15/h3-12,18H,1-2H3,(H,22,25)(H,23,24). The highest BCUT2D eigenvalue weighted by atomic mass is 16.3. The highest BCUT2D eigenvalue weighted by molar-refractivity contribution is 6.01. The third-order valence-corrected chi connectivity index (χ3v) is 3.99. The molecule has 0 aliphatic heterocycles. The van der Waals surface area contributed by atoms with Crippen molar-refractivity contribution in [2.24, 2.45) is 0 Å². The average molecular weight is 349 g/mol. The van der Waals surface area contributed by atoms with Crippen molar-refractivity contribution in [2.45, 2.75) is 19.9 Å². The Bertz CT molecular complexity index is 885. The number of anilines is 1. The maximum Gasteiger partial charge on any atom is 0.270 e. The van der Waals surface area contributed by atoms with Gasteiger partial charge in [-0.2, -0.15) is 0 Å². The van der Waals surface area contributed by atoms with Crippen LogP contribution in [0.4, 0.5) is 5.69 Å². The van der Waals surface area contributed by atoms with Crippen molar-refractivity contribution in [1.82, 2.24) is 10.3 Å². The lowest BCUT2D eigenvalue weighted by atomic mass is 10.1. The summed E-state index contributed by atoms with van der Waals surface area (Å²) in [6, 6.07) is 13.1. The van der Waals surface area contributed by atoms with E-state index in [4.69, 9.17) is 4.42 Å². The summed E-state index contributed by atoms with van der Waals surface area (Å²) in [4.78, 5) is 29.3. The predicted octanol–water partition coefficient (Wildman–Crippen LogP) is 3.40. The molecule has 0 saturated heterocycles. The van der Waals surface area contributed by atoms with E-state index in [1.807, 2.05) is 32.0 Å². The van der Waals surface area contributed by atoms with Gasteiger partial charge < -0.3 is 15.1 Å². The summed E-state index contributed by atoms with van der Waals surface area (Å²) in [6.45, 7) is 3.83. The number of aryl methyl sites for hydroxylation is 2. The number of hydrogen-bond acceptors (Lipinski definition) is 4. The summed E-state index contributed by atoms with van der Waals surface area (Å²) in [5, 5.41) is 5.58. The zero-order valence-corrected chi connectivity index (χ0v) is 14.5. The van der Waals surface area contributed by atoms with Crippen LogP contribution in [-0.4, -0.2) is 16.8 Å². The summed E-state index contributed by atoms with van der Waals surface area (Å²) in [7, 11) is 0. The first kappa shape index (κ1) is 17.4. The van der Waals surface area contributed by atoms with Gasteiger partial charge in [-0.3, -0.25) is 14.6 Å². The van der Waals surface area contributed by atoms with Crippen LogP contribution < -0.4 is 10.6 Å². The molecule has 2 aromatic heterocycles. The maximum absolute atomic E-state index is 12.9. The van der Waals surface area contributed by atoms with Gasteiger partial charge >= 0.3 is 0 Å². The fraction of sp³-hybridized carbons (Fsp3) is 0.150. The molecule has 132 valence electrons. The number of benzene rings is 1. The molecule has 6 heteroatoms. The van der Waals surface area contributed by atoms with Gasteiger partial charge in [-0.25, -0.2) is 0 Å². The highest BCUT2D eigenvalue weighted by Gasteiger charge is 2.27. The molecule has 0 radical (unpaired) electrons. The smallest absolute Gasteiger partial charge is 0.270 e. The van der Waals surface area contributed by atoms with Gasteiger partial charge in [0.25, 0.3) is 11.8 Å². The van der Waals surface area contributed by atoms with Crippen LogP contribution in [0.5, 0.6) is 0 Å². The SMILES string of the molecule is Cc1cccc(C)c1NC(=O)C(NC(=O)c1ccccn1)c1ccco1. The van der Waals surface area contributed by atoms with Crippen LogP contribution >= 0.6 is 0 Å². The van der Waals surface area contributed by atoms with E-state index in [1.165, 1.54) is 12.5 Å². The number of hydrogen-bond donors (Lipinski definition) is 2. The van der Waals surface area contributed by atoms with Crippen LogP contribution in [0.15, 0.2) is 65.4 Å². The second-order valence-corrected chi connectivity index (χ2v) is 5.89. The van der Waals surface area contributed by atoms with Gasteiger partial charge in [-0.1, -0.05) is 24.3 Å². The topological polar surface area (TPSA) is 84.2 Å². The molecule has 3 rings (SSSR count). The molecular weight excluding hydrogens is 330 g/mol. The van der Waals surface area contributed by atoms with Crippen molar-refractivity contribution in [1.29, 1.82) is 0 Å². The zero-order chi connectivity index (χ0) is 18.5. The number of carbonyl (C=O) groups is 2. The van der Waals surface area contributed by atoms with Gasteiger partial charge in [-0.05, 0) is 49.2 Å². The summed E-state index contributed by atoms with van der Waals surface area (Å²) in [5.41, 5.74) is 2.82. The Morgan fingerprint density at radius 3 is 2.38 bits per heavy atom.